The van der Waals surface area contributed by atoms with Crippen LogP contribution in [0.15, 0.2) is 24.3 Å². The lowest BCUT2D eigenvalue weighted by Crippen LogP contribution is -2.33. The van der Waals surface area contributed by atoms with E-state index in [1.54, 1.807) is 36.1 Å². The fourth-order valence-electron chi connectivity index (χ4n) is 1.68. The number of carbonyl (C=O) groups excluding carboxylic acids is 2. The third-order valence-corrected chi connectivity index (χ3v) is 2.84. The molecular formula is C14H22ClN3O2. The predicted molar refractivity (Wildman–Crippen MR) is 83.2 cm³/mol. The van der Waals surface area contributed by atoms with E-state index in [2.05, 4.69) is 5.32 Å². The van der Waals surface area contributed by atoms with Crippen LogP contribution in [0.2, 0.25) is 0 Å². The van der Waals surface area contributed by atoms with Gasteiger partial charge in [-0.1, -0.05) is 6.07 Å². The maximum Gasteiger partial charge on any atom is 0.253 e. The minimum absolute atomic E-state index is 0. The summed E-state index contributed by atoms with van der Waals surface area (Å²) in [6.45, 7) is 6.80. The standard InChI is InChI=1S/C14H21N3O2.ClH/c1-4-17(5-2)14(19)11-7-6-8-12(9-11)16-13(18)10(3)15;/h6-10H,4-5,15H2,1-3H3,(H,16,18);1H/t10-;/m0./s1. The SMILES string of the molecule is CCN(CC)C(=O)c1cccc(NC(=O)[C@H](C)N)c1.Cl. The molecule has 0 aromatic heterocycles. The highest BCUT2D eigenvalue weighted by Gasteiger charge is 2.13. The van der Waals surface area contributed by atoms with Gasteiger partial charge in [-0.3, -0.25) is 9.59 Å². The van der Waals surface area contributed by atoms with Crippen molar-refractivity contribution < 1.29 is 9.59 Å². The molecule has 3 N–H and O–H groups in total. The van der Waals surface area contributed by atoms with Gasteiger partial charge in [-0.15, -0.1) is 12.4 Å². The quantitative estimate of drug-likeness (QED) is 0.871. The van der Waals surface area contributed by atoms with Crippen LogP contribution in [-0.4, -0.2) is 35.8 Å². The van der Waals surface area contributed by atoms with Crippen molar-refractivity contribution in [2.24, 2.45) is 5.73 Å². The predicted octanol–water partition coefficient (Wildman–Crippen LogP) is 1.88. The number of anilines is 1. The van der Waals surface area contributed by atoms with E-state index in [0.717, 1.165) is 0 Å². The number of nitrogens with one attached hydrogen (secondary N) is 1. The van der Waals surface area contributed by atoms with Gasteiger partial charge in [0.05, 0.1) is 6.04 Å². The number of carbonyl (C=O) groups is 2. The summed E-state index contributed by atoms with van der Waals surface area (Å²) in [6, 6.07) is 6.30. The Morgan fingerprint density at radius 1 is 1.30 bits per heavy atom. The molecule has 0 fully saturated rings. The van der Waals surface area contributed by atoms with Gasteiger partial charge >= 0.3 is 0 Å². The largest absolute Gasteiger partial charge is 0.339 e. The molecule has 20 heavy (non-hydrogen) atoms. The van der Waals surface area contributed by atoms with Gasteiger partial charge in [0.15, 0.2) is 0 Å². The molecule has 1 aromatic rings. The van der Waals surface area contributed by atoms with Crippen molar-refractivity contribution in [3.05, 3.63) is 29.8 Å². The van der Waals surface area contributed by atoms with Crippen LogP contribution >= 0.6 is 12.4 Å². The summed E-state index contributed by atoms with van der Waals surface area (Å²) >= 11 is 0. The van der Waals surface area contributed by atoms with E-state index in [1.165, 1.54) is 0 Å². The Hall–Kier alpha value is -1.59. The highest BCUT2D eigenvalue weighted by molar-refractivity contribution is 5.98. The molecule has 0 saturated heterocycles. The van der Waals surface area contributed by atoms with Crippen molar-refractivity contribution in [2.45, 2.75) is 26.8 Å². The highest BCUT2D eigenvalue weighted by Crippen LogP contribution is 2.13. The molecule has 0 aliphatic rings. The molecule has 0 bridgehead atoms. The maximum atomic E-state index is 12.2. The molecule has 2 amide bonds. The van der Waals surface area contributed by atoms with Gasteiger partial charge < -0.3 is 16.0 Å². The molecule has 0 radical (unpaired) electrons. The second kappa shape index (κ2) is 8.55. The Balaban J connectivity index is 0.00000361. The van der Waals surface area contributed by atoms with Crippen LogP contribution in [0.4, 0.5) is 5.69 Å². The van der Waals surface area contributed by atoms with E-state index in [1.807, 2.05) is 13.8 Å². The lowest BCUT2D eigenvalue weighted by atomic mass is 10.1. The first-order valence-corrected chi connectivity index (χ1v) is 6.45. The van der Waals surface area contributed by atoms with E-state index < -0.39 is 6.04 Å². The third kappa shape index (κ3) is 4.83. The summed E-state index contributed by atoms with van der Waals surface area (Å²) < 4.78 is 0. The van der Waals surface area contributed by atoms with E-state index in [-0.39, 0.29) is 24.2 Å². The van der Waals surface area contributed by atoms with Gasteiger partial charge in [0.1, 0.15) is 0 Å². The second-order valence-electron chi connectivity index (χ2n) is 4.34. The Morgan fingerprint density at radius 2 is 1.90 bits per heavy atom. The van der Waals surface area contributed by atoms with Crippen molar-refractivity contribution in [3.63, 3.8) is 0 Å². The summed E-state index contributed by atoms with van der Waals surface area (Å²) in [5, 5.41) is 2.68. The second-order valence-corrected chi connectivity index (χ2v) is 4.34. The lowest BCUT2D eigenvalue weighted by Gasteiger charge is -2.19. The smallest absolute Gasteiger partial charge is 0.253 e. The number of amides is 2. The highest BCUT2D eigenvalue weighted by atomic mass is 35.5. The fourth-order valence-corrected chi connectivity index (χ4v) is 1.68. The normalized spacial score (nSPS) is 11.2. The summed E-state index contributed by atoms with van der Waals surface area (Å²) in [5.74, 6) is -0.311. The van der Waals surface area contributed by atoms with Crippen LogP contribution in [0.1, 0.15) is 31.1 Å². The van der Waals surface area contributed by atoms with Crippen molar-refractivity contribution in [1.82, 2.24) is 4.90 Å². The van der Waals surface area contributed by atoms with E-state index in [0.29, 0.717) is 24.3 Å². The summed E-state index contributed by atoms with van der Waals surface area (Å²) in [7, 11) is 0. The molecule has 0 unspecified atom stereocenters. The minimum Gasteiger partial charge on any atom is -0.339 e. The van der Waals surface area contributed by atoms with E-state index >= 15 is 0 Å². The monoisotopic (exact) mass is 299 g/mol. The summed E-state index contributed by atoms with van der Waals surface area (Å²) in [5.41, 5.74) is 6.63. The van der Waals surface area contributed by atoms with E-state index in [9.17, 15) is 9.59 Å². The van der Waals surface area contributed by atoms with Crippen LogP contribution in [0, 0.1) is 0 Å². The van der Waals surface area contributed by atoms with Crippen LogP contribution in [0.5, 0.6) is 0 Å². The van der Waals surface area contributed by atoms with Crippen molar-refractivity contribution >= 4 is 29.9 Å². The van der Waals surface area contributed by atoms with Crippen molar-refractivity contribution in [3.8, 4) is 0 Å². The zero-order valence-corrected chi connectivity index (χ0v) is 12.9. The fraction of sp³-hybridized carbons (Fsp3) is 0.429. The number of halogens is 1. The van der Waals surface area contributed by atoms with Gasteiger partial charge in [0.2, 0.25) is 5.91 Å². The molecule has 0 heterocycles. The Morgan fingerprint density at radius 3 is 2.40 bits per heavy atom. The first-order chi connectivity index (χ1) is 8.99. The number of rotatable bonds is 5. The number of nitrogens with zero attached hydrogens (tertiary/aromatic N) is 1. The molecule has 1 aromatic carbocycles. The zero-order chi connectivity index (χ0) is 14.4. The number of nitrogens with two attached hydrogens (primary N) is 1. The molecule has 1 atom stereocenters. The molecule has 1 rings (SSSR count). The Bertz CT molecular complexity index is 459. The van der Waals surface area contributed by atoms with Gasteiger partial charge in [-0.2, -0.15) is 0 Å². The van der Waals surface area contributed by atoms with Gasteiger partial charge in [-0.05, 0) is 39.0 Å². The first-order valence-electron chi connectivity index (χ1n) is 6.45. The average molecular weight is 300 g/mol. The molecule has 5 nitrogen and oxygen atoms in total. The summed E-state index contributed by atoms with van der Waals surface area (Å²) in [6.07, 6.45) is 0. The van der Waals surface area contributed by atoms with Crippen LogP contribution in [0.3, 0.4) is 0 Å². The van der Waals surface area contributed by atoms with Gasteiger partial charge in [0, 0.05) is 24.3 Å². The van der Waals surface area contributed by atoms with Crippen LogP contribution < -0.4 is 11.1 Å². The van der Waals surface area contributed by atoms with Crippen molar-refractivity contribution in [1.29, 1.82) is 0 Å². The minimum atomic E-state index is -0.581. The van der Waals surface area contributed by atoms with E-state index in [4.69, 9.17) is 5.73 Å². The number of benzene rings is 1. The number of hydrogen-bond acceptors (Lipinski definition) is 3. The lowest BCUT2D eigenvalue weighted by molar-refractivity contribution is -0.117. The Kier molecular flexibility index (Phi) is 7.87. The Labute approximate surface area is 125 Å². The molecule has 0 spiro atoms. The molecule has 112 valence electrons. The first kappa shape index (κ1) is 18.4. The van der Waals surface area contributed by atoms with Gasteiger partial charge in [0.25, 0.3) is 5.91 Å². The van der Waals surface area contributed by atoms with Crippen LogP contribution in [-0.2, 0) is 4.79 Å². The third-order valence-electron chi connectivity index (χ3n) is 2.84. The maximum absolute atomic E-state index is 12.2. The van der Waals surface area contributed by atoms with Crippen LogP contribution in [0.25, 0.3) is 0 Å². The molecule has 0 aliphatic heterocycles. The molecule has 6 heteroatoms. The molecular weight excluding hydrogens is 278 g/mol. The summed E-state index contributed by atoms with van der Waals surface area (Å²) in [4.78, 5) is 25.4. The molecule has 0 aliphatic carbocycles. The van der Waals surface area contributed by atoms with Gasteiger partial charge in [-0.25, -0.2) is 0 Å². The zero-order valence-electron chi connectivity index (χ0n) is 12.1. The van der Waals surface area contributed by atoms with Crippen molar-refractivity contribution in [2.75, 3.05) is 18.4 Å². The molecule has 0 saturated carbocycles. The topological polar surface area (TPSA) is 75.4 Å². The number of hydrogen-bond donors (Lipinski definition) is 2. The average Bonchev–Trinajstić information content (AvgIpc) is 2.40.